The lowest BCUT2D eigenvalue weighted by atomic mass is 10.1. The molecule has 0 unspecified atom stereocenters. The van der Waals surface area contributed by atoms with Crippen molar-refractivity contribution in [1.82, 2.24) is 14.1 Å². The zero-order valence-electron chi connectivity index (χ0n) is 19.4. The van der Waals surface area contributed by atoms with E-state index in [4.69, 9.17) is 4.42 Å². The molecular formula is C32H21N3O. The van der Waals surface area contributed by atoms with Crippen LogP contribution in [0.4, 0.5) is 0 Å². The molecule has 170 valence electrons. The summed E-state index contributed by atoms with van der Waals surface area (Å²) < 4.78 is 10.8. The first-order valence-corrected chi connectivity index (χ1v) is 12.2. The maximum atomic E-state index is 6.21. The van der Waals surface area contributed by atoms with Gasteiger partial charge in [0.15, 0.2) is 0 Å². The summed E-state index contributed by atoms with van der Waals surface area (Å²) in [5.74, 6) is 0. The second-order valence-electron chi connectivity index (χ2n) is 9.34. The summed E-state index contributed by atoms with van der Waals surface area (Å²) in [4.78, 5) is 4.57. The van der Waals surface area contributed by atoms with E-state index in [1.165, 1.54) is 27.4 Å². The van der Waals surface area contributed by atoms with Gasteiger partial charge in [-0.15, -0.1) is 0 Å². The van der Waals surface area contributed by atoms with E-state index in [1.807, 2.05) is 24.5 Å². The van der Waals surface area contributed by atoms with Crippen molar-refractivity contribution in [2.75, 3.05) is 0 Å². The fourth-order valence-corrected chi connectivity index (χ4v) is 5.58. The molecule has 36 heavy (non-hydrogen) atoms. The van der Waals surface area contributed by atoms with Gasteiger partial charge in [-0.3, -0.25) is 4.57 Å². The topological polar surface area (TPSA) is 35.9 Å². The minimum Gasteiger partial charge on any atom is -0.456 e. The predicted molar refractivity (Wildman–Crippen MR) is 147 cm³/mol. The molecule has 4 nitrogen and oxygen atoms in total. The molecule has 0 aliphatic heterocycles. The summed E-state index contributed by atoms with van der Waals surface area (Å²) >= 11 is 0. The van der Waals surface area contributed by atoms with Crippen LogP contribution < -0.4 is 0 Å². The summed E-state index contributed by atoms with van der Waals surface area (Å²) in [5, 5.41) is 4.83. The number of fused-ring (bicyclic) bond motifs is 7. The third-order valence-electron chi connectivity index (χ3n) is 7.27. The Bertz CT molecular complexity index is 2040. The molecule has 0 atom stereocenters. The number of benzene rings is 5. The lowest BCUT2D eigenvalue weighted by molar-refractivity contribution is 0.668. The highest BCUT2D eigenvalue weighted by Gasteiger charge is 2.13. The van der Waals surface area contributed by atoms with Crippen LogP contribution in [0.25, 0.3) is 60.5 Å². The van der Waals surface area contributed by atoms with Gasteiger partial charge in [-0.1, -0.05) is 54.6 Å². The average molecular weight is 464 g/mol. The third-order valence-corrected chi connectivity index (χ3v) is 7.27. The monoisotopic (exact) mass is 463 g/mol. The number of rotatable bonds is 3. The van der Waals surface area contributed by atoms with Crippen LogP contribution in [0, 0.1) is 0 Å². The molecular weight excluding hydrogens is 442 g/mol. The minimum absolute atomic E-state index is 0.794. The number of hydrogen-bond donors (Lipinski definition) is 0. The van der Waals surface area contributed by atoms with Crippen molar-refractivity contribution in [2.45, 2.75) is 6.54 Å². The van der Waals surface area contributed by atoms with E-state index in [9.17, 15) is 0 Å². The van der Waals surface area contributed by atoms with Gasteiger partial charge in [0.25, 0.3) is 0 Å². The lowest BCUT2D eigenvalue weighted by Crippen LogP contribution is -1.99. The molecule has 0 radical (unpaired) electrons. The summed E-state index contributed by atoms with van der Waals surface area (Å²) in [6.07, 6.45) is 1.89. The molecule has 0 bridgehead atoms. The van der Waals surface area contributed by atoms with Crippen LogP contribution in [0.3, 0.4) is 0 Å². The van der Waals surface area contributed by atoms with E-state index in [1.54, 1.807) is 0 Å². The lowest BCUT2D eigenvalue weighted by Gasteiger charge is -2.08. The highest BCUT2D eigenvalue weighted by Crippen LogP contribution is 2.34. The minimum atomic E-state index is 0.794. The van der Waals surface area contributed by atoms with Gasteiger partial charge in [-0.25, -0.2) is 4.98 Å². The second-order valence-corrected chi connectivity index (χ2v) is 9.34. The summed E-state index contributed by atoms with van der Waals surface area (Å²) in [6, 6.07) is 38.4. The number of hydrogen-bond acceptors (Lipinski definition) is 2. The third kappa shape index (κ3) is 2.78. The number of imidazole rings is 1. The van der Waals surface area contributed by atoms with Crippen LogP contribution in [0.15, 0.2) is 120 Å². The highest BCUT2D eigenvalue weighted by molar-refractivity contribution is 6.08. The summed E-state index contributed by atoms with van der Waals surface area (Å²) in [6.45, 7) is 0.794. The van der Waals surface area contributed by atoms with Crippen molar-refractivity contribution in [2.24, 2.45) is 0 Å². The summed E-state index contributed by atoms with van der Waals surface area (Å²) in [7, 11) is 0. The molecule has 8 aromatic rings. The molecule has 8 rings (SSSR count). The predicted octanol–water partition coefficient (Wildman–Crippen LogP) is 8.08. The Hall–Kier alpha value is -4.83. The van der Waals surface area contributed by atoms with Crippen molar-refractivity contribution in [3.8, 4) is 5.69 Å². The van der Waals surface area contributed by atoms with Crippen LogP contribution in [0.2, 0.25) is 0 Å². The fraction of sp³-hybridized carbons (Fsp3) is 0.0312. The number of furan rings is 1. The molecule has 5 aromatic carbocycles. The van der Waals surface area contributed by atoms with Crippen molar-refractivity contribution >= 4 is 54.8 Å². The van der Waals surface area contributed by atoms with Crippen LogP contribution in [-0.4, -0.2) is 14.1 Å². The first kappa shape index (κ1) is 19.5. The number of nitrogens with zero attached hydrogens (tertiary/aromatic N) is 3. The van der Waals surface area contributed by atoms with Gasteiger partial charge in [0, 0.05) is 44.8 Å². The maximum absolute atomic E-state index is 6.21. The Morgan fingerprint density at radius 2 is 1.22 bits per heavy atom. The van der Waals surface area contributed by atoms with Crippen molar-refractivity contribution in [3.63, 3.8) is 0 Å². The van der Waals surface area contributed by atoms with Gasteiger partial charge < -0.3 is 8.98 Å². The van der Waals surface area contributed by atoms with Gasteiger partial charge in [-0.05, 0) is 60.2 Å². The van der Waals surface area contributed by atoms with E-state index in [0.717, 1.165) is 45.2 Å². The molecule has 0 aliphatic carbocycles. The normalized spacial score (nSPS) is 12.0. The zero-order valence-corrected chi connectivity index (χ0v) is 19.4. The highest BCUT2D eigenvalue weighted by atomic mass is 16.3. The first-order chi connectivity index (χ1) is 17.8. The van der Waals surface area contributed by atoms with E-state index in [0.29, 0.717) is 0 Å². The molecule has 0 saturated carbocycles. The largest absolute Gasteiger partial charge is 0.456 e. The number of aromatic nitrogens is 3. The molecule has 0 saturated heterocycles. The van der Waals surface area contributed by atoms with Crippen LogP contribution >= 0.6 is 0 Å². The van der Waals surface area contributed by atoms with Crippen LogP contribution in [0.1, 0.15) is 5.56 Å². The second kappa shape index (κ2) is 7.33. The Labute approximate surface area is 206 Å². The maximum Gasteiger partial charge on any atom is 0.135 e. The van der Waals surface area contributed by atoms with Gasteiger partial charge in [0.2, 0.25) is 0 Å². The van der Waals surface area contributed by atoms with Gasteiger partial charge in [0.1, 0.15) is 17.5 Å². The fourth-order valence-electron chi connectivity index (χ4n) is 5.58. The molecule has 0 amide bonds. The molecule has 4 heteroatoms. The van der Waals surface area contributed by atoms with E-state index >= 15 is 0 Å². The quantitative estimate of drug-likeness (QED) is 0.265. The van der Waals surface area contributed by atoms with Crippen LogP contribution in [0.5, 0.6) is 0 Å². The first-order valence-electron chi connectivity index (χ1n) is 12.2. The molecule has 0 aliphatic rings. The van der Waals surface area contributed by atoms with Crippen molar-refractivity contribution in [1.29, 1.82) is 0 Å². The smallest absolute Gasteiger partial charge is 0.135 e. The Morgan fingerprint density at radius 3 is 2.00 bits per heavy atom. The standard InChI is InChI=1S/C32H21N3O/c1-4-10-28-23(7-1)24-8-2-5-11-29(24)34(28)19-21-13-15-31-25(17-21)26-18-22(14-16-32(26)36-31)35-20-33-27-9-3-6-12-30(27)35/h1-18,20H,19H2. The Balaban J connectivity index is 1.29. The zero-order chi connectivity index (χ0) is 23.6. The Kier molecular flexibility index (Phi) is 3.97. The van der Waals surface area contributed by atoms with Crippen molar-refractivity contribution in [3.05, 3.63) is 121 Å². The summed E-state index contributed by atoms with van der Waals surface area (Å²) in [5.41, 5.74) is 8.72. The van der Waals surface area contributed by atoms with Gasteiger partial charge in [0.05, 0.1) is 11.0 Å². The Morgan fingerprint density at radius 1 is 0.583 bits per heavy atom. The van der Waals surface area contributed by atoms with Gasteiger partial charge >= 0.3 is 0 Å². The molecule has 3 aromatic heterocycles. The van der Waals surface area contributed by atoms with Crippen LogP contribution in [-0.2, 0) is 6.54 Å². The number of para-hydroxylation sites is 4. The van der Waals surface area contributed by atoms with E-state index in [2.05, 4.69) is 105 Å². The molecule has 3 heterocycles. The SMILES string of the molecule is c1ccc2c(c1)ncn2-c1ccc2oc3ccc(Cn4c5ccccc5c5ccccc54)cc3c2c1. The molecule has 0 N–H and O–H groups in total. The molecule has 0 spiro atoms. The van der Waals surface area contributed by atoms with Gasteiger partial charge in [-0.2, -0.15) is 0 Å². The van der Waals surface area contributed by atoms with Crippen molar-refractivity contribution < 1.29 is 4.42 Å². The van der Waals surface area contributed by atoms with E-state index in [-0.39, 0.29) is 0 Å². The average Bonchev–Trinajstić information content (AvgIpc) is 3.61. The molecule has 0 fully saturated rings. The van der Waals surface area contributed by atoms with E-state index < -0.39 is 0 Å².